The van der Waals surface area contributed by atoms with Crippen LogP contribution in [0.2, 0.25) is 10.0 Å². The molecule has 0 aliphatic carbocycles. The van der Waals surface area contributed by atoms with Gasteiger partial charge in [-0.05, 0) is 78.4 Å². The van der Waals surface area contributed by atoms with Crippen molar-refractivity contribution in [1.82, 2.24) is 20.1 Å². The van der Waals surface area contributed by atoms with Crippen molar-refractivity contribution in [2.75, 3.05) is 11.1 Å². The molecule has 0 fully saturated rings. The Labute approximate surface area is 213 Å². The van der Waals surface area contributed by atoms with Gasteiger partial charge in [0.25, 0.3) is 5.91 Å². The Hall–Kier alpha value is -1.82. The molecule has 1 heterocycles. The quantitative estimate of drug-likeness (QED) is 0.284. The number of nitrogens with zero attached hydrogens (tertiary/aromatic N) is 3. The molecule has 7 nitrogen and oxygen atoms in total. The summed E-state index contributed by atoms with van der Waals surface area (Å²) in [6.07, 6.45) is 0. The third-order valence-corrected chi connectivity index (χ3v) is 6.81. The predicted molar refractivity (Wildman–Crippen MR) is 137 cm³/mol. The average Bonchev–Trinajstić information content (AvgIpc) is 3.09. The van der Waals surface area contributed by atoms with E-state index in [1.807, 2.05) is 25.1 Å². The molecular formula is C21H20Cl2IN5O2S. The van der Waals surface area contributed by atoms with Gasteiger partial charge in [-0.1, -0.05) is 35.0 Å². The molecule has 11 heteroatoms. The maximum atomic E-state index is 12.6. The molecule has 0 bridgehead atoms. The van der Waals surface area contributed by atoms with Gasteiger partial charge in [0, 0.05) is 21.3 Å². The molecule has 0 aliphatic rings. The lowest BCUT2D eigenvalue weighted by atomic mass is 10.2. The number of carbonyl (C=O) groups is 2. The average molecular weight is 604 g/mol. The minimum absolute atomic E-state index is 0.136. The van der Waals surface area contributed by atoms with E-state index in [1.54, 1.807) is 30.7 Å². The smallest absolute Gasteiger partial charge is 0.253 e. The summed E-state index contributed by atoms with van der Waals surface area (Å²) in [5, 5.41) is 15.4. The van der Waals surface area contributed by atoms with E-state index < -0.39 is 6.04 Å². The number of nitrogens with one attached hydrogen (secondary N) is 2. The van der Waals surface area contributed by atoms with E-state index in [9.17, 15) is 9.59 Å². The van der Waals surface area contributed by atoms with Crippen LogP contribution in [-0.2, 0) is 11.8 Å². The molecule has 168 valence electrons. The van der Waals surface area contributed by atoms with Gasteiger partial charge in [-0.15, -0.1) is 10.2 Å². The van der Waals surface area contributed by atoms with E-state index in [4.69, 9.17) is 23.2 Å². The van der Waals surface area contributed by atoms with E-state index in [-0.39, 0.29) is 22.6 Å². The van der Waals surface area contributed by atoms with Gasteiger partial charge in [-0.25, -0.2) is 0 Å². The number of halogens is 3. The molecule has 3 rings (SSSR count). The predicted octanol–water partition coefficient (Wildman–Crippen LogP) is 5.26. The Morgan fingerprint density at radius 2 is 1.94 bits per heavy atom. The first-order chi connectivity index (χ1) is 15.2. The maximum Gasteiger partial charge on any atom is 0.253 e. The molecule has 0 saturated heterocycles. The fourth-order valence-corrected chi connectivity index (χ4v) is 4.78. The third kappa shape index (κ3) is 6.15. The Kier molecular flexibility index (Phi) is 8.43. The minimum Gasteiger partial charge on any atom is -0.342 e. The number of anilines is 1. The minimum atomic E-state index is -0.427. The van der Waals surface area contributed by atoms with Gasteiger partial charge in [0.1, 0.15) is 0 Å². The van der Waals surface area contributed by atoms with Crippen LogP contribution in [0, 0.1) is 10.5 Å². The summed E-state index contributed by atoms with van der Waals surface area (Å²) in [7, 11) is 1.79. The molecule has 0 saturated carbocycles. The number of benzene rings is 2. The normalized spacial score (nSPS) is 11.8. The maximum absolute atomic E-state index is 12.6. The summed E-state index contributed by atoms with van der Waals surface area (Å²) < 4.78 is 2.86. The van der Waals surface area contributed by atoms with E-state index in [0.29, 0.717) is 21.6 Å². The molecule has 1 atom stereocenters. The van der Waals surface area contributed by atoms with Gasteiger partial charge in [0.15, 0.2) is 11.0 Å². The van der Waals surface area contributed by atoms with Crippen LogP contribution < -0.4 is 10.6 Å². The zero-order chi connectivity index (χ0) is 23.4. The largest absolute Gasteiger partial charge is 0.342 e. The monoisotopic (exact) mass is 603 g/mol. The topological polar surface area (TPSA) is 88.9 Å². The van der Waals surface area contributed by atoms with Crippen LogP contribution in [0.25, 0.3) is 0 Å². The van der Waals surface area contributed by atoms with Crippen LogP contribution in [0.1, 0.15) is 34.7 Å². The van der Waals surface area contributed by atoms with Gasteiger partial charge >= 0.3 is 0 Å². The Bertz CT molecular complexity index is 1170. The van der Waals surface area contributed by atoms with Crippen LogP contribution in [0.5, 0.6) is 0 Å². The van der Waals surface area contributed by atoms with Crippen LogP contribution in [0.3, 0.4) is 0 Å². The lowest BCUT2D eigenvalue weighted by Gasteiger charge is -2.14. The van der Waals surface area contributed by atoms with Crippen molar-refractivity contribution < 1.29 is 9.59 Å². The lowest BCUT2D eigenvalue weighted by Crippen LogP contribution is -2.28. The van der Waals surface area contributed by atoms with Crippen LogP contribution in [-0.4, -0.2) is 32.3 Å². The fourth-order valence-electron chi connectivity index (χ4n) is 2.93. The highest BCUT2D eigenvalue weighted by atomic mass is 127. The van der Waals surface area contributed by atoms with Crippen LogP contribution in [0.15, 0.2) is 41.6 Å². The van der Waals surface area contributed by atoms with Crippen molar-refractivity contribution in [3.63, 3.8) is 0 Å². The number of aromatic nitrogens is 3. The first-order valence-corrected chi connectivity index (χ1v) is 12.3. The first kappa shape index (κ1) is 24.8. The number of rotatable bonds is 7. The lowest BCUT2D eigenvalue weighted by molar-refractivity contribution is -0.113. The van der Waals surface area contributed by atoms with E-state index in [1.165, 1.54) is 17.8 Å². The van der Waals surface area contributed by atoms with E-state index in [0.717, 1.165) is 14.8 Å². The fraction of sp³-hybridized carbons (Fsp3) is 0.238. The molecule has 2 aromatic carbocycles. The molecule has 2 N–H and O–H groups in total. The third-order valence-electron chi connectivity index (χ3n) is 4.57. The standard InChI is InChI=1S/C21H20Cl2IN5O2S/c1-11-8-14(24)5-7-17(11)26-18(30)10-32-21-28-27-19(29(21)3)12(2)25-20(31)15-6-4-13(22)9-16(15)23/h4-9,12H,10H2,1-3H3,(H,25,31)(H,26,30)/t12-/m1/s1. The summed E-state index contributed by atoms with van der Waals surface area (Å²) in [6, 6.07) is 10.1. The van der Waals surface area contributed by atoms with Crippen molar-refractivity contribution >= 4 is 75.1 Å². The number of thioether (sulfide) groups is 1. The highest BCUT2D eigenvalue weighted by Gasteiger charge is 2.20. The zero-order valence-electron chi connectivity index (χ0n) is 17.4. The molecule has 2 amide bonds. The summed E-state index contributed by atoms with van der Waals surface area (Å²) in [5.74, 6) is 0.254. The molecule has 1 aromatic heterocycles. The Balaban J connectivity index is 1.60. The SMILES string of the molecule is Cc1cc(I)ccc1NC(=O)CSc1nnc([C@@H](C)NC(=O)c2ccc(Cl)cc2Cl)n1C. The summed E-state index contributed by atoms with van der Waals surface area (Å²) in [5.41, 5.74) is 2.11. The zero-order valence-corrected chi connectivity index (χ0v) is 21.9. The van der Waals surface area contributed by atoms with E-state index >= 15 is 0 Å². The highest BCUT2D eigenvalue weighted by molar-refractivity contribution is 14.1. The molecule has 0 spiro atoms. The summed E-state index contributed by atoms with van der Waals surface area (Å²) in [4.78, 5) is 24.9. The number of amides is 2. The summed E-state index contributed by atoms with van der Waals surface area (Å²) >= 11 is 15.5. The van der Waals surface area contributed by atoms with Crippen LogP contribution >= 0.6 is 57.6 Å². The molecule has 0 unspecified atom stereocenters. The van der Waals surface area contributed by atoms with Crippen LogP contribution in [0.4, 0.5) is 5.69 Å². The molecule has 0 aliphatic heterocycles. The highest BCUT2D eigenvalue weighted by Crippen LogP contribution is 2.23. The number of hydrogen-bond donors (Lipinski definition) is 2. The second kappa shape index (κ2) is 10.9. The van der Waals surface area contributed by atoms with Gasteiger partial charge in [0.2, 0.25) is 5.91 Å². The van der Waals surface area contributed by atoms with Gasteiger partial charge in [-0.3, -0.25) is 9.59 Å². The number of aryl methyl sites for hydroxylation is 1. The Morgan fingerprint density at radius 3 is 2.62 bits per heavy atom. The molecule has 3 aromatic rings. The summed E-state index contributed by atoms with van der Waals surface area (Å²) in [6.45, 7) is 3.75. The number of carbonyl (C=O) groups excluding carboxylic acids is 2. The molecule has 32 heavy (non-hydrogen) atoms. The van der Waals surface area contributed by atoms with Gasteiger partial charge in [-0.2, -0.15) is 0 Å². The van der Waals surface area contributed by atoms with Crippen molar-refractivity contribution in [1.29, 1.82) is 0 Å². The van der Waals surface area contributed by atoms with Gasteiger partial charge < -0.3 is 15.2 Å². The second-order valence-electron chi connectivity index (χ2n) is 7.02. The molecular weight excluding hydrogens is 584 g/mol. The van der Waals surface area contributed by atoms with Crippen molar-refractivity contribution in [2.45, 2.75) is 25.0 Å². The van der Waals surface area contributed by atoms with Crippen molar-refractivity contribution in [3.05, 3.63) is 67.0 Å². The van der Waals surface area contributed by atoms with Crippen molar-refractivity contribution in [2.24, 2.45) is 7.05 Å². The van der Waals surface area contributed by atoms with Gasteiger partial charge in [0.05, 0.1) is 22.4 Å². The second-order valence-corrected chi connectivity index (χ2v) is 10.0. The number of hydrogen-bond acceptors (Lipinski definition) is 5. The molecule has 0 radical (unpaired) electrons. The van der Waals surface area contributed by atoms with E-state index in [2.05, 4.69) is 43.4 Å². The van der Waals surface area contributed by atoms with Crippen molar-refractivity contribution in [3.8, 4) is 0 Å². The Morgan fingerprint density at radius 1 is 1.19 bits per heavy atom. The first-order valence-electron chi connectivity index (χ1n) is 9.49.